The maximum absolute atomic E-state index is 11.1. The Hall–Kier alpha value is -2.40. The first-order valence-electron chi connectivity index (χ1n) is 5.35. The summed E-state index contributed by atoms with van der Waals surface area (Å²) in [5, 5.41) is 9.78. The van der Waals surface area contributed by atoms with E-state index in [9.17, 15) is 4.79 Å². The van der Waals surface area contributed by atoms with Crippen LogP contribution in [-0.4, -0.2) is 16.4 Å². The van der Waals surface area contributed by atoms with E-state index in [0.29, 0.717) is 33.7 Å². The fourth-order valence-corrected chi connectivity index (χ4v) is 1.94. The van der Waals surface area contributed by atoms with Gasteiger partial charge in [-0.05, 0) is 18.2 Å². The molecule has 5 nitrogen and oxygen atoms in total. The molecule has 2 heterocycles. The highest BCUT2D eigenvalue weighted by molar-refractivity contribution is 6.01. The van der Waals surface area contributed by atoms with E-state index < -0.39 is 0 Å². The van der Waals surface area contributed by atoms with Gasteiger partial charge in [0.05, 0.1) is 11.8 Å². The topological polar surface area (TPSA) is 76.5 Å². The Bertz CT molecular complexity index is 697. The Balaban J connectivity index is 2.37. The summed E-state index contributed by atoms with van der Waals surface area (Å²) in [6, 6.07) is 5.01. The molecule has 0 aliphatic rings. The molecular weight excluding hydrogens is 234 g/mol. The van der Waals surface area contributed by atoms with Gasteiger partial charge >= 0.3 is 0 Å². The van der Waals surface area contributed by atoms with Crippen molar-refractivity contribution in [1.29, 1.82) is 0 Å². The van der Waals surface area contributed by atoms with Gasteiger partial charge in [0.2, 0.25) is 5.89 Å². The highest BCUT2D eigenvalue weighted by Crippen LogP contribution is 2.32. The molecular formula is C13H9NO4. The van der Waals surface area contributed by atoms with E-state index in [2.05, 4.69) is 4.98 Å². The maximum atomic E-state index is 11.1. The molecule has 0 aliphatic carbocycles. The van der Waals surface area contributed by atoms with Gasteiger partial charge in [0, 0.05) is 10.9 Å². The van der Waals surface area contributed by atoms with Gasteiger partial charge in [-0.3, -0.25) is 4.79 Å². The average molecular weight is 243 g/mol. The zero-order chi connectivity index (χ0) is 12.5. The Labute approximate surface area is 102 Å². The predicted octanol–water partition coefficient (Wildman–Crippen LogP) is 2.39. The van der Waals surface area contributed by atoms with Gasteiger partial charge in [0.15, 0.2) is 6.29 Å². The van der Waals surface area contributed by atoms with Crippen LogP contribution in [0, 0.1) is 0 Å². The summed E-state index contributed by atoms with van der Waals surface area (Å²) < 4.78 is 10.7. The van der Waals surface area contributed by atoms with E-state index >= 15 is 0 Å². The van der Waals surface area contributed by atoms with Gasteiger partial charge in [-0.25, -0.2) is 4.98 Å². The van der Waals surface area contributed by atoms with Gasteiger partial charge in [-0.1, -0.05) is 0 Å². The van der Waals surface area contributed by atoms with Crippen LogP contribution in [0.15, 0.2) is 39.5 Å². The lowest BCUT2D eigenvalue weighted by molar-refractivity contribution is 0.112. The first kappa shape index (κ1) is 10.7. The summed E-state index contributed by atoms with van der Waals surface area (Å²) in [6.45, 7) is -0.198. The molecule has 3 rings (SSSR count). The van der Waals surface area contributed by atoms with E-state index in [1.165, 1.54) is 12.5 Å². The van der Waals surface area contributed by atoms with Gasteiger partial charge in [-0.2, -0.15) is 0 Å². The number of fused-ring (bicyclic) bond motifs is 1. The van der Waals surface area contributed by atoms with Crippen LogP contribution in [-0.2, 0) is 6.61 Å². The van der Waals surface area contributed by atoms with E-state index in [0.717, 1.165) is 6.29 Å². The second-order valence-corrected chi connectivity index (χ2v) is 3.77. The molecule has 1 aromatic carbocycles. The molecule has 3 aromatic rings. The lowest BCUT2D eigenvalue weighted by Gasteiger charge is -2.01. The van der Waals surface area contributed by atoms with Crippen molar-refractivity contribution in [2.24, 2.45) is 0 Å². The fraction of sp³-hybridized carbons (Fsp3) is 0.0769. The van der Waals surface area contributed by atoms with Crippen LogP contribution in [0.3, 0.4) is 0 Å². The minimum Gasteiger partial charge on any atom is -0.459 e. The third-order valence-corrected chi connectivity index (χ3v) is 2.71. The molecule has 0 bridgehead atoms. The predicted molar refractivity (Wildman–Crippen MR) is 63.0 cm³/mol. The summed E-state index contributed by atoms with van der Waals surface area (Å²) >= 11 is 0. The number of aliphatic hydroxyl groups is 1. The number of oxazole rings is 1. The number of carbonyl (C=O) groups excluding carboxylic acids is 1. The van der Waals surface area contributed by atoms with Crippen LogP contribution < -0.4 is 0 Å². The number of aromatic nitrogens is 1. The molecule has 0 fully saturated rings. The molecule has 90 valence electrons. The first-order valence-corrected chi connectivity index (χ1v) is 5.35. The summed E-state index contributed by atoms with van der Waals surface area (Å²) in [7, 11) is 0. The number of hydrogen-bond donors (Lipinski definition) is 1. The molecule has 2 aromatic heterocycles. The maximum Gasteiger partial charge on any atom is 0.227 e. The van der Waals surface area contributed by atoms with Crippen LogP contribution in [0.1, 0.15) is 16.1 Å². The fourth-order valence-electron chi connectivity index (χ4n) is 1.94. The summed E-state index contributed by atoms with van der Waals surface area (Å²) in [5.74, 6) is 0.786. The van der Waals surface area contributed by atoms with Crippen molar-refractivity contribution in [1.82, 2.24) is 4.98 Å². The molecule has 0 saturated heterocycles. The minimum atomic E-state index is -0.198. The minimum absolute atomic E-state index is 0.198. The summed E-state index contributed by atoms with van der Waals surface area (Å²) in [5.41, 5.74) is 1.63. The Kier molecular flexibility index (Phi) is 2.46. The quantitative estimate of drug-likeness (QED) is 0.715. The Morgan fingerprint density at radius 1 is 1.39 bits per heavy atom. The van der Waals surface area contributed by atoms with E-state index in [-0.39, 0.29) is 6.61 Å². The number of furan rings is 1. The van der Waals surface area contributed by atoms with Crippen LogP contribution in [0.5, 0.6) is 0 Å². The number of benzene rings is 1. The second-order valence-electron chi connectivity index (χ2n) is 3.77. The van der Waals surface area contributed by atoms with Gasteiger partial charge in [-0.15, -0.1) is 0 Å². The normalized spacial score (nSPS) is 10.9. The van der Waals surface area contributed by atoms with Crippen LogP contribution >= 0.6 is 0 Å². The molecule has 18 heavy (non-hydrogen) atoms. The lowest BCUT2D eigenvalue weighted by atomic mass is 10.0. The first-order chi connectivity index (χ1) is 8.83. The Morgan fingerprint density at radius 2 is 2.28 bits per heavy atom. The van der Waals surface area contributed by atoms with Crippen molar-refractivity contribution >= 4 is 17.3 Å². The van der Waals surface area contributed by atoms with Crippen molar-refractivity contribution in [3.8, 4) is 11.5 Å². The molecule has 0 saturated carbocycles. The van der Waals surface area contributed by atoms with Crippen molar-refractivity contribution in [2.75, 3.05) is 0 Å². The summed E-state index contributed by atoms with van der Waals surface area (Å²) in [4.78, 5) is 15.1. The van der Waals surface area contributed by atoms with Gasteiger partial charge in [0.25, 0.3) is 0 Å². The van der Waals surface area contributed by atoms with Crippen molar-refractivity contribution in [3.63, 3.8) is 0 Å². The van der Waals surface area contributed by atoms with Crippen LogP contribution in [0.4, 0.5) is 0 Å². The number of carbonyl (C=O) groups is 1. The van der Waals surface area contributed by atoms with Crippen molar-refractivity contribution in [3.05, 3.63) is 42.0 Å². The smallest absolute Gasteiger partial charge is 0.227 e. The van der Waals surface area contributed by atoms with E-state index in [1.54, 1.807) is 18.2 Å². The molecule has 0 radical (unpaired) electrons. The highest BCUT2D eigenvalue weighted by Gasteiger charge is 2.16. The monoisotopic (exact) mass is 243 g/mol. The number of nitrogens with zero attached hydrogens (tertiary/aromatic N) is 1. The van der Waals surface area contributed by atoms with E-state index in [1.807, 2.05) is 0 Å². The van der Waals surface area contributed by atoms with Crippen molar-refractivity contribution in [2.45, 2.75) is 6.61 Å². The van der Waals surface area contributed by atoms with Crippen molar-refractivity contribution < 1.29 is 18.7 Å². The average Bonchev–Trinajstić information content (AvgIpc) is 3.05. The third-order valence-electron chi connectivity index (χ3n) is 2.71. The SMILES string of the molecule is O=Cc1ccc2oc(CO)cc2c1-c1ncco1. The molecule has 0 spiro atoms. The third kappa shape index (κ3) is 1.53. The van der Waals surface area contributed by atoms with E-state index in [4.69, 9.17) is 13.9 Å². The Morgan fingerprint density at radius 3 is 2.94 bits per heavy atom. The zero-order valence-corrected chi connectivity index (χ0v) is 9.29. The molecule has 5 heteroatoms. The van der Waals surface area contributed by atoms with Gasteiger partial charge < -0.3 is 13.9 Å². The standard InChI is InChI=1S/C13H9NO4/c15-6-8-1-2-11-10(5-9(7-16)18-11)12(8)13-14-3-4-17-13/h1-6,16H,7H2. The van der Waals surface area contributed by atoms with Crippen LogP contribution in [0.25, 0.3) is 22.4 Å². The highest BCUT2D eigenvalue weighted by atomic mass is 16.4. The zero-order valence-electron chi connectivity index (χ0n) is 9.29. The summed E-state index contributed by atoms with van der Waals surface area (Å²) in [6.07, 6.45) is 3.69. The largest absolute Gasteiger partial charge is 0.459 e. The lowest BCUT2D eigenvalue weighted by Crippen LogP contribution is -1.88. The molecule has 1 N–H and O–H groups in total. The number of rotatable bonds is 3. The number of aldehydes is 1. The van der Waals surface area contributed by atoms with Gasteiger partial charge in [0.1, 0.15) is 24.2 Å². The molecule has 0 unspecified atom stereocenters. The molecule has 0 aliphatic heterocycles. The molecule has 0 atom stereocenters. The number of hydrogen-bond acceptors (Lipinski definition) is 5. The number of aliphatic hydroxyl groups excluding tert-OH is 1. The second kappa shape index (κ2) is 4.12. The molecule has 0 amide bonds. The van der Waals surface area contributed by atoms with Crippen LogP contribution in [0.2, 0.25) is 0 Å².